The molecule has 0 fully saturated rings. The van der Waals surface area contributed by atoms with E-state index in [0.717, 1.165) is 45.7 Å². The lowest BCUT2D eigenvalue weighted by Crippen LogP contribution is -2.07. The van der Waals surface area contributed by atoms with Crippen molar-refractivity contribution >= 4 is 17.3 Å². The van der Waals surface area contributed by atoms with E-state index in [0.29, 0.717) is 17.2 Å². The van der Waals surface area contributed by atoms with Crippen LogP contribution in [0.15, 0.2) is 64.9 Å². The molecule has 0 amide bonds. The number of pyridine rings is 1. The second-order valence-corrected chi connectivity index (χ2v) is 8.41. The standard InChI is InChI=1S/C24H22N6S/c1-3-7-21(4-2)29-16-20(14-27-29)18-10-23(24-19(12-26)13-28-30(24)15-18)31-22-9-6-5-8-17(22)11-25/h5-6,8-10,13-16,21H,3-4,7H2,1-2H3/t21-/m1/s1. The van der Waals surface area contributed by atoms with Crippen molar-refractivity contribution in [2.45, 2.75) is 48.9 Å². The van der Waals surface area contributed by atoms with E-state index in [1.54, 1.807) is 16.8 Å². The van der Waals surface area contributed by atoms with Gasteiger partial charge < -0.3 is 0 Å². The van der Waals surface area contributed by atoms with Gasteiger partial charge in [0.2, 0.25) is 0 Å². The first kappa shape index (κ1) is 20.7. The third-order valence-electron chi connectivity index (χ3n) is 5.33. The summed E-state index contributed by atoms with van der Waals surface area (Å²) < 4.78 is 3.79. The summed E-state index contributed by atoms with van der Waals surface area (Å²) in [6, 6.07) is 14.4. The van der Waals surface area contributed by atoms with Gasteiger partial charge >= 0.3 is 0 Å². The third kappa shape index (κ3) is 4.05. The van der Waals surface area contributed by atoms with E-state index in [1.807, 2.05) is 35.3 Å². The van der Waals surface area contributed by atoms with Crippen molar-refractivity contribution in [3.05, 3.63) is 66.2 Å². The van der Waals surface area contributed by atoms with Crippen LogP contribution < -0.4 is 0 Å². The van der Waals surface area contributed by atoms with Crippen molar-refractivity contribution in [1.29, 1.82) is 10.5 Å². The second-order valence-electron chi connectivity index (χ2n) is 7.33. The van der Waals surface area contributed by atoms with Crippen LogP contribution in [0.1, 0.15) is 50.3 Å². The Balaban J connectivity index is 1.81. The summed E-state index contributed by atoms with van der Waals surface area (Å²) in [4.78, 5) is 1.72. The minimum atomic E-state index is 0.383. The molecule has 154 valence electrons. The Hall–Kier alpha value is -3.55. The van der Waals surface area contributed by atoms with Gasteiger partial charge in [-0.2, -0.15) is 20.7 Å². The SMILES string of the molecule is CCC[C@@H](CC)n1cc(-c2cc(Sc3ccccc3C#N)c3c(C#N)cnn3c2)cn1. The maximum Gasteiger partial charge on any atom is 0.103 e. The number of nitriles is 2. The van der Waals surface area contributed by atoms with Gasteiger partial charge in [-0.3, -0.25) is 4.68 Å². The summed E-state index contributed by atoms with van der Waals surface area (Å²) in [6.07, 6.45) is 10.7. The molecule has 0 unspecified atom stereocenters. The molecule has 1 atom stereocenters. The zero-order chi connectivity index (χ0) is 21.8. The summed E-state index contributed by atoms with van der Waals surface area (Å²) >= 11 is 1.48. The van der Waals surface area contributed by atoms with Crippen LogP contribution in [0.3, 0.4) is 0 Å². The lowest BCUT2D eigenvalue weighted by molar-refractivity contribution is 0.409. The molecule has 0 bridgehead atoms. The van der Waals surface area contributed by atoms with Crippen LogP contribution in [0.2, 0.25) is 0 Å². The zero-order valence-electron chi connectivity index (χ0n) is 17.5. The molecule has 3 aromatic heterocycles. The lowest BCUT2D eigenvalue weighted by Gasteiger charge is -2.14. The molecular weight excluding hydrogens is 404 g/mol. The topological polar surface area (TPSA) is 82.7 Å². The fraction of sp³-hybridized carbons (Fsp3) is 0.250. The van der Waals surface area contributed by atoms with Gasteiger partial charge in [-0.15, -0.1) is 0 Å². The predicted molar refractivity (Wildman–Crippen MR) is 121 cm³/mol. The van der Waals surface area contributed by atoms with Crippen molar-refractivity contribution in [2.75, 3.05) is 0 Å². The summed E-state index contributed by atoms with van der Waals surface area (Å²) in [5, 5.41) is 28.1. The van der Waals surface area contributed by atoms with E-state index >= 15 is 0 Å². The summed E-state index contributed by atoms with van der Waals surface area (Å²) in [7, 11) is 0. The number of rotatable bonds is 7. The molecule has 6 nitrogen and oxygen atoms in total. The highest BCUT2D eigenvalue weighted by molar-refractivity contribution is 7.99. The first-order valence-electron chi connectivity index (χ1n) is 10.3. The Morgan fingerprint density at radius 2 is 1.77 bits per heavy atom. The van der Waals surface area contributed by atoms with Crippen molar-refractivity contribution < 1.29 is 0 Å². The molecule has 4 rings (SSSR count). The zero-order valence-corrected chi connectivity index (χ0v) is 18.3. The summed E-state index contributed by atoms with van der Waals surface area (Å²) in [5.41, 5.74) is 3.82. The minimum Gasteiger partial charge on any atom is -0.269 e. The fourth-order valence-corrected chi connectivity index (χ4v) is 4.80. The fourth-order valence-electron chi connectivity index (χ4n) is 3.71. The Kier molecular flexibility index (Phi) is 6.06. The van der Waals surface area contributed by atoms with Crippen LogP contribution in [0.4, 0.5) is 0 Å². The highest BCUT2D eigenvalue weighted by atomic mass is 32.2. The molecule has 1 aromatic carbocycles. The smallest absolute Gasteiger partial charge is 0.103 e. The summed E-state index contributed by atoms with van der Waals surface area (Å²) in [5.74, 6) is 0. The maximum absolute atomic E-state index is 9.57. The van der Waals surface area contributed by atoms with E-state index in [1.165, 1.54) is 11.8 Å². The van der Waals surface area contributed by atoms with Gasteiger partial charge in [0.25, 0.3) is 0 Å². The lowest BCUT2D eigenvalue weighted by atomic mass is 10.1. The van der Waals surface area contributed by atoms with Crippen LogP contribution in [-0.2, 0) is 0 Å². The minimum absolute atomic E-state index is 0.383. The number of hydrogen-bond donors (Lipinski definition) is 0. The average Bonchev–Trinajstić information content (AvgIpc) is 3.45. The van der Waals surface area contributed by atoms with Gasteiger partial charge in [-0.05, 0) is 31.0 Å². The Morgan fingerprint density at radius 3 is 2.52 bits per heavy atom. The predicted octanol–water partition coefficient (Wildman–Crippen LogP) is 5.84. The van der Waals surface area contributed by atoms with Crippen LogP contribution >= 0.6 is 11.8 Å². The Bertz CT molecular complexity index is 1300. The maximum atomic E-state index is 9.57. The third-order valence-corrected chi connectivity index (χ3v) is 6.43. The van der Waals surface area contributed by atoms with Crippen LogP contribution in [0, 0.1) is 22.7 Å². The number of hydrogen-bond acceptors (Lipinski definition) is 5. The van der Waals surface area contributed by atoms with E-state index in [2.05, 4.69) is 48.4 Å². The van der Waals surface area contributed by atoms with Gasteiger partial charge in [0.15, 0.2) is 0 Å². The van der Waals surface area contributed by atoms with E-state index in [9.17, 15) is 10.5 Å². The molecule has 0 aliphatic carbocycles. The Labute approximate surface area is 185 Å². The molecule has 0 aliphatic rings. The molecule has 0 saturated carbocycles. The van der Waals surface area contributed by atoms with Gasteiger partial charge in [0.05, 0.1) is 35.1 Å². The molecular formula is C24H22N6S. The molecule has 4 aromatic rings. The average molecular weight is 427 g/mol. The molecule has 3 heterocycles. The largest absolute Gasteiger partial charge is 0.269 e. The van der Waals surface area contributed by atoms with Crippen molar-refractivity contribution in [3.8, 4) is 23.3 Å². The highest BCUT2D eigenvalue weighted by Gasteiger charge is 2.16. The first-order chi connectivity index (χ1) is 15.2. The number of nitrogens with zero attached hydrogens (tertiary/aromatic N) is 6. The number of fused-ring (bicyclic) bond motifs is 1. The normalized spacial score (nSPS) is 11.9. The monoisotopic (exact) mass is 426 g/mol. The number of benzene rings is 1. The van der Waals surface area contributed by atoms with Gasteiger partial charge in [0.1, 0.15) is 12.1 Å². The van der Waals surface area contributed by atoms with Crippen LogP contribution in [0.25, 0.3) is 16.6 Å². The number of aromatic nitrogens is 4. The summed E-state index contributed by atoms with van der Waals surface area (Å²) in [6.45, 7) is 4.37. The molecule has 0 aliphatic heterocycles. The van der Waals surface area contributed by atoms with E-state index in [4.69, 9.17) is 0 Å². The Morgan fingerprint density at radius 1 is 0.968 bits per heavy atom. The van der Waals surface area contributed by atoms with Crippen molar-refractivity contribution in [3.63, 3.8) is 0 Å². The second kappa shape index (κ2) is 9.07. The van der Waals surface area contributed by atoms with Gasteiger partial charge in [-0.25, -0.2) is 4.52 Å². The van der Waals surface area contributed by atoms with E-state index in [-0.39, 0.29) is 0 Å². The van der Waals surface area contributed by atoms with Gasteiger partial charge in [-0.1, -0.05) is 44.2 Å². The van der Waals surface area contributed by atoms with Crippen molar-refractivity contribution in [2.24, 2.45) is 0 Å². The van der Waals surface area contributed by atoms with Crippen molar-refractivity contribution in [1.82, 2.24) is 19.4 Å². The van der Waals surface area contributed by atoms with Crippen LogP contribution in [-0.4, -0.2) is 19.4 Å². The molecule has 0 spiro atoms. The van der Waals surface area contributed by atoms with Gasteiger partial charge in [0, 0.05) is 33.3 Å². The highest BCUT2D eigenvalue weighted by Crippen LogP contribution is 2.37. The molecule has 0 saturated heterocycles. The van der Waals surface area contributed by atoms with E-state index < -0.39 is 0 Å². The molecule has 0 radical (unpaired) electrons. The molecule has 31 heavy (non-hydrogen) atoms. The molecule has 7 heteroatoms. The van der Waals surface area contributed by atoms with Crippen LogP contribution in [0.5, 0.6) is 0 Å². The quantitative estimate of drug-likeness (QED) is 0.370. The first-order valence-corrected chi connectivity index (χ1v) is 11.1. The molecule has 0 N–H and O–H groups in total.